The Morgan fingerprint density at radius 3 is 2.38 bits per heavy atom. The summed E-state index contributed by atoms with van der Waals surface area (Å²) < 4.78 is 18.2. The molecule has 0 spiro atoms. The Morgan fingerprint density at radius 1 is 1.10 bits per heavy atom. The van der Waals surface area contributed by atoms with Gasteiger partial charge in [0.2, 0.25) is 0 Å². The van der Waals surface area contributed by atoms with Gasteiger partial charge in [0.15, 0.2) is 0 Å². The van der Waals surface area contributed by atoms with E-state index in [1.165, 1.54) is 12.1 Å². The van der Waals surface area contributed by atoms with Crippen molar-refractivity contribution in [3.05, 3.63) is 59.9 Å². The number of hydrogen-bond acceptors (Lipinski definition) is 3. The summed E-state index contributed by atoms with van der Waals surface area (Å²) in [5.74, 6) is 0.549. The molecule has 2 N–H and O–H groups in total. The number of nitrogens with one attached hydrogen (secondary N) is 1. The third-order valence-electron chi connectivity index (χ3n) is 3.17. The van der Waals surface area contributed by atoms with Gasteiger partial charge in [0.25, 0.3) is 0 Å². The quantitative estimate of drug-likeness (QED) is 0.815. The first-order valence-corrected chi connectivity index (χ1v) is 7.09. The Hall–Kier alpha value is -2.07. The average molecular weight is 289 g/mol. The highest BCUT2D eigenvalue weighted by atomic mass is 19.1. The number of aliphatic hydroxyl groups is 1. The van der Waals surface area contributed by atoms with E-state index >= 15 is 0 Å². The average Bonchev–Trinajstić information content (AvgIpc) is 2.50. The lowest BCUT2D eigenvalue weighted by molar-refractivity contribution is 0.171. The summed E-state index contributed by atoms with van der Waals surface area (Å²) in [6.07, 6.45) is -0.0421. The smallest absolute Gasteiger partial charge is 0.123 e. The molecule has 0 saturated carbocycles. The Kier molecular flexibility index (Phi) is 5.58. The van der Waals surface area contributed by atoms with Crippen LogP contribution in [0, 0.1) is 5.82 Å². The fourth-order valence-electron chi connectivity index (χ4n) is 2.04. The first-order chi connectivity index (χ1) is 10.2. The number of aliphatic hydroxyl groups excluding tert-OH is 1. The monoisotopic (exact) mass is 289 g/mol. The fourth-order valence-corrected chi connectivity index (χ4v) is 2.04. The largest absolute Gasteiger partial charge is 0.494 e. The molecule has 4 heteroatoms. The molecule has 2 aromatic carbocycles. The van der Waals surface area contributed by atoms with Crippen molar-refractivity contribution in [2.24, 2.45) is 0 Å². The predicted octanol–water partition coefficient (Wildman–Crippen LogP) is 3.76. The molecule has 3 nitrogen and oxygen atoms in total. The number of anilines is 1. The first-order valence-electron chi connectivity index (χ1n) is 7.09. The number of hydrogen-bond donors (Lipinski definition) is 2. The molecule has 0 heterocycles. The molecular weight excluding hydrogens is 269 g/mol. The normalized spacial score (nSPS) is 12.0. The highest BCUT2D eigenvalue weighted by Gasteiger charge is 2.07. The highest BCUT2D eigenvalue weighted by Crippen LogP contribution is 2.19. The van der Waals surface area contributed by atoms with Crippen LogP contribution in [0.3, 0.4) is 0 Å². The molecule has 0 amide bonds. The van der Waals surface area contributed by atoms with Gasteiger partial charge in [0.1, 0.15) is 11.6 Å². The number of benzene rings is 2. The molecule has 1 atom stereocenters. The second-order valence-electron chi connectivity index (χ2n) is 4.74. The topological polar surface area (TPSA) is 41.5 Å². The zero-order chi connectivity index (χ0) is 15.1. The predicted molar refractivity (Wildman–Crippen MR) is 82.1 cm³/mol. The Bertz CT molecular complexity index is 540. The molecule has 0 aromatic heterocycles. The Morgan fingerprint density at radius 2 is 1.76 bits per heavy atom. The molecule has 0 bridgehead atoms. The molecule has 0 saturated heterocycles. The second-order valence-corrected chi connectivity index (χ2v) is 4.74. The van der Waals surface area contributed by atoms with Crippen LogP contribution in [0.4, 0.5) is 10.1 Å². The SMILES string of the molecule is CCOc1ccc(NCC[C@@H](O)c2ccc(F)cc2)cc1. The molecule has 0 aliphatic rings. The summed E-state index contributed by atoms with van der Waals surface area (Å²) in [6.45, 7) is 3.23. The molecule has 2 aromatic rings. The highest BCUT2D eigenvalue weighted by molar-refractivity contribution is 5.46. The maximum atomic E-state index is 12.8. The molecule has 0 unspecified atom stereocenters. The minimum Gasteiger partial charge on any atom is -0.494 e. The third-order valence-corrected chi connectivity index (χ3v) is 3.17. The van der Waals surface area contributed by atoms with Crippen LogP contribution in [0.15, 0.2) is 48.5 Å². The summed E-state index contributed by atoms with van der Waals surface area (Å²) in [6, 6.07) is 13.6. The van der Waals surface area contributed by atoms with Crippen LogP contribution in [0.2, 0.25) is 0 Å². The molecule has 0 aliphatic heterocycles. The van der Waals surface area contributed by atoms with Gasteiger partial charge in [-0.15, -0.1) is 0 Å². The third kappa shape index (κ3) is 4.76. The lowest BCUT2D eigenvalue weighted by Gasteiger charge is -2.12. The van der Waals surface area contributed by atoms with Crippen LogP contribution in [0.25, 0.3) is 0 Å². The maximum absolute atomic E-state index is 12.8. The van der Waals surface area contributed by atoms with Crippen molar-refractivity contribution in [3.63, 3.8) is 0 Å². The van der Waals surface area contributed by atoms with E-state index in [9.17, 15) is 9.50 Å². The van der Waals surface area contributed by atoms with Gasteiger partial charge in [-0.3, -0.25) is 0 Å². The minimum atomic E-state index is -0.596. The molecule has 0 aliphatic carbocycles. The molecule has 112 valence electrons. The van der Waals surface area contributed by atoms with Crippen molar-refractivity contribution in [1.29, 1.82) is 0 Å². The van der Waals surface area contributed by atoms with Crippen LogP contribution >= 0.6 is 0 Å². The van der Waals surface area contributed by atoms with Crippen molar-refractivity contribution in [2.45, 2.75) is 19.4 Å². The van der Waals surface area contributed by atoms with Crippen molar-refractivity contribution >= 4 is 5.69 Å². The van der Waals surface area contributed by atoms with Crippen molar-refractivity contribution in [2.75, 3.05) is 18.5 Å². The summed E-state index contributed by atoms with van der Waals surface area (Å²) >= 11 is 0. The van der Waals surface area contributed by atoms with E-state index < -0.39 is 6.10 Å². The Labute approximate surface area is 124 Å². The van der Waals surface area contributed by atoms with Crippen LogP contribution in [0.1, 0.15) is 25.0 Å². The minimum absolute atomic E-state index is 0.293. The standard InChI is InChI=1S/C17H20FNO2/c1-2-21-16-9-7-15(8-10-16)19-12-11-17(20)13-3-5-14(18)6-4-13/h3-10,17,19-20H,2,11-12H2,1H3/t17-/m1/s1. The van der Waals surface area contributed by atoms with Gasteiger partial charge in [-0.05, 0) is 55.3 Å². The second kappa shape index (κ2) is 7.64. The maximum Gasteiger partial charge on any atom is 0.123 e. The van der Waals surface area contributed by atoms with E-state index in [4.69, 9.17) is 4.74 Å². The van der Waals surface area contributed by atoms with Gasteiger partial charge in [-0.2, -0.15) is 0 Å². The van der Waals surface area contributed by atoms with Crippen LogP contribution in [-0.2, 0) is 0 Å². The molecule has 0 radical (unpaired) electrons. The Balaban J connectivity index is 1.79. The summed E-state index contributed by atoms with van der Waals surface area (Å²) in [5.41, 5.74) is 1.70. The van der Waals surface area contributed by atoms with Crippen molar-refractivity contribution in [3.8, 4) is 5.75 Å². The van der Waals surface area contributed by atoms with E-state index in [2.05, 4.69) is 5.32 Å². The van der Waals surface area contributed by atoms with Crippen LogP contribution in [-0.4, -0.2) is 18.3 Å². The fraction of sp³-hybridized carbons (Fsp3) is 0.294. The van der Waals surface area contributed by atoms with E-state index in [1.54, 1.807) is 12.1 Å². The molecule has 2 rings (SSSR count). The molecule has 21 heavy (non-hydrogen) atoms. The zero-order valence-corrected chi connectivity index (χ0v) is 12.1. The summed E-state index contributed by atoms with van der Waals surface area (Å²) in [7, 11) is 0. The van der Waals surface area contributed by atoms with Gasteiger partial charge >= 0.3 is 0 Å². The van der Waals surface area contributed by atoms with Crippen molar-refractivity contribution < 1.29 is 14.2 Å². The van der Waals surface area contributed by atoms with E-state index in [1.807, 2.05) is 31.2 Å². The van der Waals surface area contributed by atoms with Crippen molar-refractivity contribution in [1.82, 2.24) is 0 Å². The lowest BCUT2D eigenvalue weighted by Crippen LogP contribution is -2.07. The van der Waals surface area contributed by atoms with E-state index in [-0.39, 0.29) is 5.82 Å². The molecule has 0 fully saturated rings. The van der Waals surface area contributed by atoms with E-state index in [0.717, 1.165) is 17.0 Å². The number of rotatable bonds is 7. The molecular formula is C17H20FNO2. The van der Waals surface area contributed by atoms with Gasteiger partial charge in [0.05, 0.1) is 12.7 Å². The summed E-state index contributed by atoms with van der Waals surface area (Å²) in [5, 5.41) is 13.3. The van der Waals surface area contributed by atoms with Gasteiger partial charge in [-0.25, -0.2) is 4.39 Å². The van der Waals surface area contributed by atoms with E-state index in [0.29, 0.717) is 19.6 Å². The zero-order valence-electron chi connectivity index (χ0n) is 12.1. The van der Waals surface area contributed by atoms with Crippen LogP contribution in [0.5, 0.6) is 5.75 Å². The number of halogens is 1. The summed E-state index contributed by atoms with van der Waals surface area (Å²) in [4.78, 5) is 0. The van der Waals surface area contributed by atoms with Gasteiger partial charge in [-0.1, -0.05) is 12.1 Å². The first kappa shape index (κ1) is 15.3. The van der Waals surface area contributed by atoms with Gasteiger partial charge in [0, 0.05) is 12.2 Å². The van der Waals surface area contributed by atoms with Gasteiger partial charge < -0.3 is 15.2 Å². The van der Waals surface area contributed by atoms with Crippen LogP contribution < -0.4 is 10.1 Å². The number of ether oxygens (including phenoxy) is 1. The lowest BCUT2D eigenvalue weighted by atomic mass is 10.1.